The van der Waals surface area contributed by atoms with Crippen LogP contribution in [0.4, 0.5) is 0 Å². The fraction of sp³-hybridized carbons (Fsp3) is 0.250. The van der Waals surface area contributed by atoms with Crippen LogP contribution in [0.3, 0.4) is 0 Å². The van der Waals surface area contributed by atoms with Crippen molar-refractivity contribution in [3.8, 4) is 0 Å². The van der Waals surface area contributed by atoms with E-state index in [1.807, 2.05) is 47.8 Å². The van der Waals surface area contributed by atoms with E-state index in [0.29, 0.717) is 19.3 Å². The molecule has 2 rings (SSSR count). The van der Waals surface area contributed by atoms with E-state index in [0.717, 1.165) is 10.4 Å². The summed E-state index contributed by atoms with van der Waals surface area (Å²) in [5, 5.41) is 13.8. The van der Waals surface area contributed by atoms with Gasteiger partial charge in [0.05, 0.1) is 0 Å². The van der Waals surface area contributed by atoms with Crippen LogP contribution in [0, 0.1) is 0 Å². The van der Waals surface area contributed by atoms with Crippen LogP contribution in [0.1, 0.15) is 16.9 Å². The van der Waals surface area contributed by atoms with E-state index >= 15 is 0 Å². The fourth-order valence-electron chi connectivity index (χ4n) is 2.01. The molecule has 0 radical (unpaired) electrons. The lowest BCUT2D eigenvalue weighted by atomic mass is 10.1. The molecule has 4 nitrogen and oxygen atoms in total. The van der Waals surface area contributed by atoms with E-state index in [4.69, 9.17) is 0 Å². The van der Waals surface area contributed by atoms with Crippen molar-refractivity contribution in [3.63, 3.8) is 0 Å². The Kier molecular flexibility index (Phi) is 5.51. The molecule has 0 aliphatic heterocycles. The van der Waals surface area contributed by atoms with Gasteiger partial charge in [-0.1, -0.05) is 36.4 Å². The van der Waals surface area contributed by atoms with Crippen LogP contribution < -0.4 is 5.32 Å². The van der Waals surface area contributed by atoms with Gasteiger partial charge in [0, 0.05) is 17.7 Å². The maximum atomic E-state index is 11.9. The molecule has 0 spiro atoms. The average molecular weight is 303 g/mol. The van der Waals surface area contributed by atoms with Crippen LogP contribution in [0.25, 0.3) is 0 Å². The van der Waals surface area contributed by atoms with Gasteiger partial charge in [-0.15, -0.1) is 11.3 Å². The molecule has 0 aliphatic carbocycles. The number of amides is 1. The van der Waals surface area contributed by atoms with E-state index in [-0.39, 0.29) is 5.91 Å². The number of carbonyl (C=O) groups excluding carboxylic acids is 1. The van der Waals surface area contributed by atoms with Gasteiger partial charge in [0.1, 0.15) is 6.04 Å². The number of aliphatic carboxylic acids is 1. The molecule has 1 heterocycles. The Labute approximate surface area is 127 Å². The second-order valence-corrected chi connectivity index (χ2v) is 5.76. The number of carbonyl (C=O) groups is 2. The molecule has 1 amide bonds. The molecule has 2 aromatic rings. The van der Waals surface area contributed by atoms with Gasteiger partial charge in [-0.05, 0) is 23.4 Å². The second kappa shape index (κ2) is 7.59. The van der Waals surface area contributed by atoms with Crippen LogP contribution in [-0.4, -0.2) is 23.0 Å². The summed E-state index contributed by atoms with van der Waals surface area (Å²) in [5.74, 6) is -1.24. The maximum absolute atomic E-state index is 11.9. The Morgan fingerprint density at radius 2 is 1.90 bits per heavy atom. The van der Waals surface area contributed by atoms with Crippen LogP contribution >= 0.6 is 11.3 Å². The van der Waals surface area contributed by atoms with Gasteiger partial charge in [0.2, 0.25) is 5.91 Å². The Morgan fingerprint density at radius 1 is 1.14 bits per heavy atom. The van der Waals surface area contributed by atoms with E-state index in [2.05, 4.69) is 5.32 Å². The zero-order valence-electron chi connectivity index (χ0n) is 11.5. The number of rotatable bonds is 7. The molecular weight excluding hydrogens is 286 g/mol. The molecule has 0 saturated heterocycles. The summed E-state index contributed by atoms with van der Waals surface area (Å²) in [5.41, 5.74) is 0.892. The van der Waals surface area contributed by atoms with E-state index in [9.17, 15) is 14.7 Å². The largest absolute Gasteiger partial charge is 0.480 e. The minimum Gasteiger partial charge on any atom is -0.480 e. The fourth-order valence-corrected chi connectivity index (χ4v) is 2.72. The topological polar surface area (TPSA) is 66.4 Å². The molecule has 0 saturated carbocycles. The number of thiophene rings is 1. The number of carboxylic acids is 1. The highest BCUT2D eigenvalue weighted by atomic mass is 32.1. The minimum atomic E-state index is -1.01. The maximum Gasteiger partial charge on any atom is 0.326 e. The average Bonchev–Trinajstić information content (AvgIpc) is 2.99. The van der Waals surface area contributed by atoms with Crippen LogP contribution in [0.2, 0.25) is 0 Å². The molecule has 5 heteroatoms. The highest BCUT2D eigenvalue weighted by Crippen LogP contribution is 2.11. The molecule has 0 bridgehead atoms. The second-order valence-electron chi connectivity index (χ2n) is 4.73. The van der Waals surface area contributed by atoms with Crippen molar-refractivity contribution >= 4 is 23.2 Å². The van der Waals surface area contributed by atoms with Crippen LogP contribution in [-0.2, 0) is 22.4 Å². The van der Waals surface area contributed by atoms with Gasteiger partial charge in [-0.2, -0.15) is 0 Å². The first-order valence-electron chi connectivity index (χ1n) is 6.73. The Balaban J connectivity index is 1.87. The monoisotopic (exact) mass is 303 g/mol. The number of aryl methyl sites for hydroxylation is 1. The molecule has 0 aliphatic rings. The third-order valence-electron chi connectivity index (χ3n) is 3.09. The number of hydrogen-bond acceptors (Lipinski definition) is 3. The predicted molar refractivity (Wildman–Crippen MR) is 82.4 cm³/mol. The van der Waals surface area contributed by atoms with Gasteiger partial charge in [-0.3, -0.25) is 4.79 Å². The smallest absolute Gasteiger partial charge is 0.326 e. The lowest BCUT2D eigenvalue weighted by Crippen LogP contribution is -2.42. The van der Waals surface area contributed by atoms with Crippen molar-refractivity contribution in [2.75, 3.05) is 0 Å². The molecule has 21 heavy (non-hydrogen) atoms. The van der Waals surface area contributed by atoms with E-state index in [1.54, 1.807) is 11.3 Å². The zero-order chi connectivity index (χ0) is 15.1. The third kappa shape index (κ3) is 5.04. The number of benzene rings is 1. The molecule has 0 unspecified atom stereocenters. The SMILES string of the molecule is O=C(CCc1cccs1)N[C@H](Cc1ccccc1)C(=O)O. The van der Waals surface area contributed by atoms with Gasteiger partial charge in [0.15, 0.2) is 0 Å². The Hall–Kier alpha value is -2.14. The van der Waals surface area contributed by atoms with Gasteiger partial charge in [0.25, 0.3) is 0 Å². The van der Waals surface area contributed by atoms with Crippen molar-refractivity contribution < 1.29 is 14.7 Å². The van der Waals surface area contributed by atoms with Crippen molar-refractivity contribution in [3.05, 3.63) is 58.3 Å². The summed E-state index contributed by atoms with van der Waals surface area (Å²) in [4.78, 5) is 24.3. The van der Waals surface area contributed by atoms with Crippen molar-refractivity contribution in [1.82, 2.24) is 5.32 Å². The van der Waals surface area contributed by atoms with Crippen LogP contribution in [0.15, 0.2) is 47.8 Å². The summed E-state index contributed by atoms with van der Waals surface area (Å²) in [7, 11) is 0. The summed E-state index contributed by atoms with van der Waals surface area (Å²) < 4.78 is 0. The first-order valence-corrected chi connectivity index (χ1v) is 7.61. The molecule has 0 fully saturated rings. The van der Waals surface area contributed by atoms with Crippen molar-refractivity contribution in [2.24, 2.45) is 0 Å². The lowest BCUT2D eigenvalue weighted by Gasteiger charge is -2.14. The molecule has 110 valence electrons. The van der Waals surface area contributed by atoms with Crippen LogP contribution in [0.5, 0.6) is 0 Å². The number of hydrogen-bond donors (Lipinski definition) is 2. The standard InChI is InChI=1S/C16H17NO3S/c18-15(9-8-13-7-4-10-21-13)17-14(16(19)20)11-12-5-2-1-3-6-12/h1-7,10,14H,8-9,11H2,(H,17,18)(H,19,20)/t14-/m1/s1. The highest BCUT2D eigenvalue weighted by Gasteiger charge is 2.20. The van der Waals surface area contributed by atoms with Gasteiger partial charge in [-0.25, -0.2) is 4.79 Å². The normalized spacial score (nSPS) is 11.8. The first-order chi connectivity index (χ1) is 10.1. The Morgan fingerprint density at radius 3 is 2.52 bits per heavy atom. The van der Waals surface area contributed by atoms with Gasteiger partial charge >= 0.3 is 5.97 Å². The molecule has 2 N–H and O–H groups in total. The predicted octanol–water partition coefficient (Wildman–Crippen LogP) is 2.49. The zero-order valence-corrected chi connectivity index (χ0v) is 12.3. The van der Waals surface area contributed by atoms with E-state index < -0.39 is 12.0 Å². The summed E-state index contributed by atoms with van der Waals surface area (Å²) in [6, 6.07) is 12.3. The molecular formula is C16H17NO3S. The van der Waals surface area contributed by atoms with Crippen molar-refractivity contribution in [2.45, 2.75) is 25.3 Å². The highest BCUT2D eigenvalue weighted by molar-refractivity contribution is 7.09. The Bertz CT molecular complexity index is 581. The summed E-state index contributed by atoms with van der Waals surface area (Å²) in [6.07, 6.45) is 1.24. The quantitative estimate of drug-likeness (QED) is 0.826. The van der Waals surface area contributed by atoms with Crippen molar-refractivity contribution in [1.29, 1.82) is 0 Å². The molecule has 1 atom stereocenters. The molecule has 1 aromatic carbocycles. The third-order valence-corrected chi connectivity index (χ3v) is 4.03. The lowest BCUT2D eigenvalue weighted by molar-refractivity contribution is -0.141. The number of nitrogens with one attached hydrogen (secondary N) is 1. The molecule has 1 aromatic heterocycles. The van der Waals surface area contributed by atoms with E-state index in [1.165, 1.54) is 0 Å². The minimum absolute atomic E-state index is 0.230. The summed E-state index contributed by atoms with van der Waals surface area (Å²) in [6.45, 7) is 0. The summed E-state index contributed by atoms with van der Waals surface area (Å²) >= 11 is 1.60. The van der Waals surface area contributed by atoms with Gasteiger partial charge < -0.3 is 10.4 Å². The first kappa shape index (κ1) is 15.3. The number of carboxylic acid groups (broad SMARTS) is 1.